The summed E-state index contributed by atoms with van der Waals surface area (Å²) in [5, 5.41) is 11.4. The van der Waals surface area contributed by atoms with E-state index in [4.69, 9.17) is 4.99 Å². The van der Waals surface area contributed by atoms with Gasteiger partial charge < -0.3 is 10.2 Å². The van der Waals surface area contributed by atoms with Crippen LogP contribution in [0.1, 0.15) is 24.8 Å². The van der Waals surface area contributed by atoms with Crippen LogP contribution in [0.15, 0.2) is 53.7 Å². The minimum absolute atomic E-state index is 0.0905. The van der Waals surface area contributed by atoms with E-state index in [0.29, 0.717) is 25.5 Å². The molecule has 4 aliphatic rings. The number of H-pyrrole nitrogens is 1. The van der Waals surface area contributed by atoms with Crippen LogP contribution in [-0.4, -0.2) is 75.9 Å². The fourth-order valence-corrected chi connectivity index (χ4v) is 5.60. The number of hydrogen-bond donors (Lipinski definition) is 2. The van der Waals surface area contributed by atoms with Crippen molar-refractivity contribution in [2.75, 3.05) is 32.7 Å². The van der Waals surface area contributed by atoms with Crippen LogP contribution in [0.2, 0.25) is 0 Å². The molecule has 1 aliphatic carbocycles. The highest BCUT2D eigenvalue weighted by Gasteiger charge is 2.53. The average molecular weight is 469 g/mol. The topological polar surface area (TPSA) is 93.7 Å². The molecule has 1 atom stereocenters. The van der Waals surface area contributed by atoms with Gasteiger partial charge in [-0.05, 0) is 48.4 Å². The number of aromatic amines is 1. The zero-order chi connectivity index (χ0) is 23.6. The lowest BCUT2D eigenvalue weighted by Gasteiger charge is -2.35. The maximum absolute atomic E-state index is 13.5. The Hall–Kier alpha value is -3.52. The number of rotatable bonds is 5. The van der Waals surface area contributed by atoms with Gasteiger partial charge in [-0.25, -0.2) is 4.99 Å². The summed E-state index contributed by atoms with van der Waals surface area (Å²) in [7, 11) is 0. The van der Waals surface area contributed by atoms with Gasteiger partial charge >= 0.3 is 0 Å². The van der Waals surface area contributed by atoms with Crippen molar-refractivity contribution in [3.8, 4) is 11.1 Å². The molecular weight excluding hydrogens is 440 g/mol. The van der Waals surface area contributed by atoms with Gasteiger partial charge in [0.2, 0.25) is 5.91 Å². The highest BCUT2D eigenvalue weighted by Crippen LogP contribution is 2.35. The highest BCUT2D eigenvalue weighted by atomic mass is 16.2. The summed E-state index contributed by atoms with van der Waals surface area (Å²) in [5.41, 5.74) is 3.54. The van der Waals surface area contributed by atoms with E-state index in [1.807, 2.05) is 22.1 Å². The Labute approximate surface area is 203 Å². The predicted molar refractivity (Wildman–Crippen MR) is 133 cm³/mol. The average Bonchev–Trinajstić information content (AvgIpc) is 3.29. The van der Waals surface area contributed by atoms with Gasteiger partial charge in [0, 0.05) is 49.6 Å². The molecule has 3 aromatic rings. The van der Waals surface area contributed by atoms with Gasteiger partial charge in [0.15, 0.2) is 5.54 Å². The summed E-state index contributed by atoms with van der Waals surface area (Å²) in [6.07, 6.45) is 4.83. The largest absolute Gasteiger partial charge is 0.342 e. The Balaban J connectivity index is 1.13. The Morgan fingerprint density at radius 3 is 2.54 bits per heavy atom. The number of hydrogen-bond acceptors (Lipinski definition) is 5. The molecule has 8 nitrogen and oxygen atoms in total. The molecule has 1 aromatic heterocycles. The van der Waals surface area contributed by atoms with Crippen LogP contribution < -0.4 is 5.32 Å². The third-order valence-corrected chi connectivity index (χ3v) is 7.94. The first-order valence-electron chi connectivity index (χ1n) is 12.5. The van der Waals surface area contributed by atoms with Crippen molar-refractivity contribution >= 4 is 28.6 Å². The Kier molecular flexibility index (Phi) is 4.61. The number of nitrogens with one attached hydrogen (secondary N) is 2. The van der Waals surface area contributed by atoms with Crippen molar-refractivity contribution in [2.45, 2.75) is 24.8 Å². The number of aromatic nitrogens is 2. The van der Waals surface area contributed by atoms with Crippen molar-refractivity contribution in [3.63, 3.8) is 0 Å². The third-order valence-electron chi connectivity index (χ3n) is 7.94. The van der Waals surface area contributed by atoms with E-state index >= 15 is 0 Å². The number of carbonyl (C=O) groups excluding carboxylic acids is 2. The van der Waals surface area contributed by atoms with E-state index in [1.54, 1.807) is 0 Å². The van der Waals surface area contributed by atoms with Crippen LogP contribution >= 0.6 is 0 Å². The van der Waals surface area contributed by atoms with Crippen molar-refractivity contribution in [1.29, 1.82) is 0 Å². The molecule has 178 valence electrons. The van der Waals surface area contributed by atoms with Gasteiger partial charge in [-0.1, -0.05) is 30.3 Å². The first-order valence-corrected chi connectivity index (χ1v) is 12.5. The maximum atomic E-state index is 13.5. The molecule has 2 amide bonds. The van der Waals surface area contributed by atoms with Crippen molar-refractivity contribution < 1.29 is 9.59 Å². The number of benzene rings is 2. The van der Waals surface area contributed by atoms with Crippen LogP contribution in [0.4, 0.5) is 0 Å². The molecule has 0 bridgehead atoms. The second-order valence-corrected chi connectivity index (χ2v) is 10.4. The van der Waals surface area contributed by atoms with Gasteiger partial charge in [0.25, 0.3) is 5.91 Å². The molecule has 0 radical (unpaired) electrons. The van der Waals surface area contributed by atoms with Gasteiger partial charge in [0.1, 0.15) is 5.84 Å². The van der Waals surface area contributed by atoms with E-state index < -0.39 is 5.54 Å². The quantitative estimate of drug-likeness (QED) is 0.602. The monoisotopic (exact) mass is 468 g/mol. The first-order chi connectivity index (χ1) is 17.1. The molecule has 8 heteroatoms. The van der Waals surface area contributed by atoms with E-state index in [0.717, 1.165) is 65.8 Å². The molecule has 4 heterocycles. The van der Waals surface area contributed by atoms with Crippen LogP contribution in [0.25, 0.3) is 22.0 Å². The van der Waals surface area contributed by atoms with Gasteiger partial charge in [-0.3, -0.25) is 19.6 Å². The van der Waals surface area contributed by atoms with Crippen molar-refractivity contribution in [1.82, 2.24) is 25.3 Å². The minimum atomic E-state index is -0.664. The number of amidine groups is 1. The Morgan fingerprint density at radius 1 is 1.03 bits per heavy atom. The molecule has 2 saturated heterocycles. The number of nitrogens with zero attached hydrogens (tertiary/aromatic N) is 4. The molecule has 7 rings (SSSR count). The van der Waals surface area contributed by atoms with Crippen molar-refractivity contribution in [3.05, 3.63) is 54.2 Å². The fourth-order valence-electron chi connectivity index (χ4n) is 5.60. The number of fused-ring (bicyclic) bond motifs is 1. The van der Waals surface area contributed by atoms with Crippen LogP contribution in [0, 0.1) is 11.8 Å². The second kappa shape index (κ2) is 7.75. The normalized spacial score (nSPS) is 23.3. The van der Waals surface area contributed by atoms with Gasteiger partial charge in [-0.2, -0.15) is 5.10 Å². The van der Waals surface area contributed by atoms with E-state index in [-0.39, 0.29) is 17.7 Å². The van der Waals surface area contributed by atoms with Gasteiger partial charge in [-0.15, -0.1) is 0 Å². The lowest BCUT2D eigenvalue weighted by molar-refractivity contribution is -0.133. The number of aliphatic imine (C=N–C) groups is 1. The molecule has 35 heavy (non-hydrogen) atoms. The SMILES string of the molecule is O=C(C1CC1)N1CC[C@@H](CN2C(=O)C3(CNC3)N=C2c2ccc(-c3ccc4[nH]ncc4c3)cc2)C1. The molecule has 3 fully saturated rings. The summed E-state index contributed by atoms with van der Waals surface area (Å²) in [4.78, 5) is 34.9. The lowest BCUT2D eigenvalue weighted by atomic mass is 9.92. The molecule has 2 aromatic carbocycles. The first kappa shape index (κ1) is 20.8. The predicted octanol–water partition coefficient (Wildman–Crippen LogP) is 2.42. The van der Waals surface area contributed by atoms with Gasteiger partial charge in [0.05, 0.1) is 11.7 Å². The molecule has 1 spiro atoms. The zero-order valence-corrected chi connectivity index (χ0v) is 19.5. The summed E-state index contributed by atoms with van der Waals surface area (Å²) in [6, 6.07) is 14.6. The molecule has 0 unspecified atom stereocenters. The Bertz CT molecular complexity index is 1350. The summed E-state index contributed by atoms with van der Waals surface area (Å²) >= 11 is 0. The second-order valence-electron chi connectivity index (χ2n) is 10.4. The number of amides is 2. The molecule has 1 saturated carbocycles. The molecule has 3 aliphatic heterocycles. The zero-order valence-electron chi connectivity index (χ0n) is 19.5. The standard InChI is InChI=1S/C27H28N6O2/c34-25(20-5-6-20)32-10-9-17(13-32)14-33-24(30-27(26(33)35)15-28-16-27)19-3-1-18(2-4-19)21-7-8-23-22(11-21)12-29-31-23/h1-4,7-8,11-12,17,20,28H,5-6,9-10,13-16H2,(H,29,31)/t17-/m1/s1. The van der Waals surface area contributed by atoms with Crippen LogP contribution in [0.5, 0.6) is 0 Å². The maximum Gasteiger partial charge on any atom is 0.258 e. The summed E-state index contributed by atoms with van der Waals surface area (Å²) in [5.74, 6) is 1.69. The third kappa shape index (κ3) is 3.46. The smallest absolute Gasteiger partial charge is 0.258 e. The van der Waals surface area contributed by atoms with E-state index in [1.165, 1.54) is 0 Å². The van der Waals surface area contributed by atoms with Crippen LogP contribution in [0.3, 0.4) is 0 Å². The Morgan fingerprint density at radius 2 is 1.80 bits per heavy atom. The molecular formula is C27H28N6O2. The van der Waals surface area contributed by atoms with E-state index in [2.05, 4.69) is 51.9 Å². The minimum Gasteiger partial charge on any atom is -0.342 e. The lowest BCUT2D eigenvalue weighted by Crippen LogP contribution is -2.63. The number of likely N-dealkylation sites (tertiary alicyclic amines) is 1. The van der Waals surface area contributed by atoms with Crippen molar-refractivity contribution in [2.24, 2.45) is 16.8 Å². The fraction of sp³-hybridized carbons (Fsp3) is 0.407. The van der Waals surface area contributed by atoms with Crippen LogP contribution in [-0.2, 0) is 9.59 Å². The summed E-state index contributed by atoms with van der Waals surface area (Å²) in [6.45, 7) is 3.34. The summed E-state index contributed by atoms with van der Waals surface area (Å²) < 4.78 is 0. The van der Waals surface area contributed by atoms with E-state index in [9.17, 15) is 9.59 Å². The molecule has 2 N–H and O–H groups in total. The highest BCUT2D eigenvalue weighted by molar-refractivity contribution is 6.16. The number of carbonyl (C=O) groups is 2.